The number of amides is 2. The Morgan fingerprint density at radius 2 is 2.25 bits per heavy atom. The normalized spacial score (nSPS) is 20.2. The Kier molecular flexibility index (Phi) is 6.25. The summed E-state index contributed by atoms with van der Waals surface area (Å²) in [5.41, 5.74) is 0. The largest absolute Gasteiger partial charge is 0.355 e. The maximum absolute atomic E-state index is 11.6. The van der Waals surface area contributed by atoms with E-state index < -0.39 is 0 Å². The van der Waals surface area contributed by atoms with Crippen LogP contribution >= 0.6 is 11.8 Å². The van der Waals surface area contributed by atoms with E-state index in [0.717, 1.165) is 24.5 Å². The second-order valence-corrected chi connectivity index (χ2v) is 4.80. The Balaban J connectivity index is 2.15. The van der Waals surface area contributed by atoms with Crippen LogP contribution in [-0.4, -0.2) is 49.0 Å². The summed E-state index contributed by atoms with van der Waals surface area (Å²) in [5, 5.41) is 8.47. The summed E-state index contributed by atoms with van der Waals surface area (Å²) in [6, 6.07) is -0.155. The molecular weight excluding hydrogens is 226 g/mol. The molecule has 1 aliphatic heterocycles. The summed E-state index contributed by atoms with van der Waals surface area (Å²) < 4.78 is 0. The number of thioether (sulfide) groups is 1. The van der Waals surface area contributed by atoms with Crippen molar-refractivity contribution >= 4 is 23.6 Å². The first-order valence-corrected chi connectivity index (χ1v) is 6.75. The second kappa shape index (κ2) is 7.51. The van der Waals surface area contributed by atoms with Crippen LogP contribution in [0.25, 0.3) is 0 Å². The second-order valence-electron chi connectivity index (χ2n) is 3.65. The first-order valence-electron chi connectivity index (χ1n) is 5.59. The highest BCUT2D eigenvalue weighted by Gasteiger charge is 2.20. The fourth-order valence-corrected chi connectivity index (χ4v) is 2.29. The smallest absolute Gasteiger partial charge is 0.239 e. The van der Waals surface area contributed by atoms with Gasteiger partial charge in [-0.3, -0.25) is 9.59 Å². The van der Waals surface area contributed by atoms with Crippen molar-refractivity contribution in [3.05, 3.63) is 0 Å². The number of hydrogen-bond acceptors (Lipinski definition) is 4. The van der Waals surface area contributed by atoms with E-state index in [9.17, 15) is 9.59 Å². The van der Waals surface area contributed by atoms with Crippen LogP contribution in [0.5, 0.6) is 0 Å². The summed E-state index contributed by atoms with van der Waals surface area (Å²) in [6.07, 6.45) is 0.903. The maximum Gasteiger partial charge on any atom is 0.239 e. The van der Waals surface area contributed by atoms with E-state index in [4.69, 9.17) is 0 Å². The van der Waals surface area contributed by atoms with Crippen LogP contribution in [0.2, 0.25) is 0 Å². The molecular formula is C10H19N3O2S. The van der Waals surface area contributed by atoms with Crippen molar-refractivity contribution in [3.8, 4) is 0 Å². The van der Waals surface area contributed by atoms with Crippen molar-refractivity contribution in [2.45, 2.75) is 19.4 Å². The third-order valence-electron chi connectivity index (χ3n) is 2.23. The van der Waals surface area contributed by atoms with Gasteiger partial charge in [-0.15, -0.1) is 0 Å². The van der Waals surface area contributed by atoms with Crippen molar-refractivity contribution in [2.24, 2.45) is 0 Å². The summed E-state index contributed by atoms with van der Waals surface area (Å²) in [6.45, 7) is 3.57. The van der Waals surface area contributed by atoms with Crippen molar-refractivity contribution in [1.29, 1.82) is 0 Å². The molecule has 1 rings (SSSR count). The van der Waals surface area contributed by atoms with E-state index in [0.29, 0.717) is 6.54 Å². The quantitative estimate of drug-likeness (QED) is 0.601. The average molecular weight is 245 g/mol. The van der Waals surface area contributed by atoms with E-state index in [1.165, 1.54) is 0 Å². The lowest BCUT2D eigenvalue weighted by Crippen LogP contribution is -2.50. The number of carbonyl (C=O) groups is 2. The lowest BCUT2D eigenvalue weighted by molar-refractivity contribution is -0.127. The summed E-state index contributed by atoms with van der Waals surface area (Å²) in [5.74, 6) is 1.61. The van der Waals surface area contributed by atoms with Crippen LogP contribution in [0.15, 0.2) is 0 Å². The standard InChI is InChI=1S/C10H19N3O2S/c1-2-3-12-9(14)6-13-10(15)8-7-16-5-4-11-8/h8,11H,2-7H2,1H3,(H,12,14)(H,13,15). The lowest BCUT2D eigenvalue weighted by atomic mass is 10.3. The molecule has 1 atom stereocenters. The third-order valence-corrected chi connectivity index (χ3v) is 3.30. The minimum Gasteiger partial charge on any atom is -0.355 e. The van der Waals surface area contributed by atoms with E-state index in [2.05, 4.69) is 16.0 Å². The molecule has 16 heavy (non-hydrogen) atoms. The summed E-state index contributed by atoms with van der Waals surface area (Å²) in [4.78, 5) is 22.8. The molecule has 1 saturated heterocycles. The van der Waals surface area contributed by atoms with Gasteiger partial charge in [-0.2, -0.15) is 11.8 Å². The Bertz CT molecular complexity index is 242. The van der Waals surface area contributed by atoms with Gasteiger partial charge in [0.05, 0.1) is 12.6 Å². The van der Waals surface area contributed by atoms with Crippen molar-refractivity contribution < 1.29 is 9.59 Å². The Hall–Kier alpha value is -0.750. The minimum absolute atomic E-state index is 0.0711. The van der Waals surface area contributed by atoms with Crippen LogP contribution in [0.1, 0.15) is 13.3 Å². The molecule has 0 bridgehead atoms. The monoisotopic (exact) mass is 245 g/mol. The van der Waals surface area contributed by atoms with Crippen molar-refractivity contribution in [3.63, 3.8) is 0 Å². The molecule has 1 fully saturated rings. The van der Waals surface area contributed by atoms with Gasteiger partial charge in [0.15, 0.2) is 0 Å². The molecule has 92 valence electrons. The van der Waals surface area contributed by atoms with Gasteiger partial charge >= 0.3 is 0 Å². The zero-order valence-corrected chi connectivity index (χ0v) is 10.4. The molecule has 2 amide bonds. The SMILES string of the molecule is CCCNC(=O)CNC(=O)C1CSCCN1. The number of hydrogen-bond donors (Lipinski definition) is 3. The predicted octanol–water partition coefficient (Wildman–Crippen LogP) is -0.666. The van der Waals surface area contributed by atoms with Gasteiger partial charge in [-0.05, 0) is 6.42 Å². The van der Waals surface area contributed by atoms with Gasteiger partial charge in [0.1, 0.15) is 0 Å². The highest BCUT2D eigenvalue weighted by molar-refractivity contribution is 7.99. The number of carbonyl (C=O) groups excluding carboxylic acids is 2. The topological polar surface area (TPSA) is 70.2 Å². The molecule has 6 heteroatoms. The molecule has 0 aromatic rings. The van der Waals surface area contributed by atoms with E-state index in [1.54, 1.807) is 11.8 Å². The van der Waals surface area contributed by atoms with E-state index >= 15 is 0 Å². The van der Waals surface area contributed by atoms with Gasteiger partial charge < -0.3 is 16.0 Å². The fraction of sp³-hybridized carbons (Fsp3) is 0.800. The third kappa shape index (κ3) is 4.85. The zero-order valence-electron chi connectivity index (χ0n) is 9.54. The molecule has 0 aromatic heterocycles. The highest BCUT2D eigenvalue weighted by Crippen LogP contribution is 2.07. The van der Waals surface area contributed by atoms with Gasteiger partial charge in [-0.25, -0.2) is 0 Å². The van der Waals surface area contributed by atoms with Gasteiger partial charge in [0.25, 0.3) is 0 Å². The lowest BCUT2D eigenvalue weighted by Gasteiger charge is -2.22. The summed E-state index contributed by atoms with van der Waals surface area (Å²) in [7, 11) is 0. The first-order chi connectivity index (χ1) is 7.74. The van der Waals surface area contributed by atoms with Crippen LogP contribution in [0.3, 0.4) is 0 Å². The molecule has 0 saturated carbocycles. The van der Waals surface area contributed by atoms with Crippen LogP contribution in [-0.2, 0) is 9.59 Å². The minimum atomic E-state index is -0.155. The molecule has 0 aliphatic carbocycles. The maximum atomic E-state index is 11.6. The molecule has 5 nitrogen and oxygen atoms in total. The van der Waals surface area contributed by atoms with E-state index in [1.807, 2.05) is 6.92 Å². The molecule has 1 unspecified atom stereocenters. The Labute approximate surface area is 100 Å². The van der Waals surface area contributed by atoms with Crippen LogP contribution in [0, 0.1) is 0 Å². The first kappa shape index (κ1) is 13.3. The Morgan fingerprint density at radius 1 is 1.44 bits per heavy atom. The van der Waals surface area contributed by atoms with Gasteiger partial charge in [-0.1, -0.05) is 6.92 Å². The molecule has 0 aromatic carbocycles. The predicted molar refractivity (Wildman–Crippen MR) is 65.4 cm³/mol. The number of rotatable bonds is 5. The zero-order chi connectivity index (χ0) is 11.8. The summed E-state index contributed by atoms with van der Waals surface area (Å²) >= 11 is 1.76. The van der Waals surface area contributed by atoms with Crippen molar-refractivity contribution in [1.82, 2.24) is 16.0 Å². The Morgan fingerprint density at radius 3 is 2.88 bits per heavy atom. The molecule has 0 radical (unpaired) electrons. The average Bonchev–Trinajstić information content (AvgIpc) is 2.34. The van der Waals surface area contributed by atoms with Crippen LogP contribution in [0.4, 0.5) is 0 Å². The van der Waals surface area contributed by atoms with Gasteiger partial charge in [0.2, 0.25) is 11.8 Å². The molecule has 3 N–H and O–H groups in total. The van der Waals surface area contributed by atoms with E-state index in [-0.39, 0.29) is 24.4 Å². The van der Waals surface area contributed by atoms with Crippen LogP contribution < -0.4 is 16.0 Å². The van der Waals surface area contributed by atoms with Crippen molar-refractivity contribution in [2.75, 3.05) is 31.1 Å². The van der Waals surface area contributed by atoms with Gasteiger partial charge in [0, 0.05) is 24.6 Å². The number of nitrogens with one attached hydrogen (secondary N) is 3. The molecule has 1 aliphatic rings. The molecule has 1 heterocycles. The fourth-order valence-electron chi connectivity index (χ4n) is 1.35. The highest BCUT2D eigenvalue weighted by atomic mass is 32.2. The molecule has 0 spiro atoms.